The van der Waals surface area contributed by atoms with Crippen LogP contribution in [0.25, 0.3) is 0 Å². The molecule has 5 heteroatoms. The zero-order chi connectivity index (χ0) is 11.0. The number of aliphatic carboxylic acids is 1. The second kappa shape index (κ2) is 6.94. The van der Waals surface area contributed by atoms with Gasteiger partial charge in [0.25, 0.3) is 0 Å². The monoisotopic (exact) mass is 201 g/mol. The van der Waals surface area contributed by atoms with Gasteiger partial charge >= 0.3 is 12.1 Å². The molecule has 5 nitrogen and oxygen atoms in total. The molecular weight excluding hydrogens is 186 g/mol. The predicted molar refractivity (Wildman–Crippen MR) is 51.0 cm³/mol. The highest BCUT2D eigenvalue weighted by atomic mass is 16.5. The van der Waals surface area contributed by atoms with Crippen LogP contribution in [0.3, 0.4) is 0 Å². The SMILES string of the molecule is C=CCCCOC(=O)N[C@@H](C)C(=O)O. The maximum Gasteiger partial charge on any atom is 0.407 e. The van der Waals surface area contributed by atoms with Crippen LogP contribution in [-0.2, 0) is 9.53 Å². The van der Waals surface area contributed by atoms with E-state index >= 15 is 0 Å². The minimum absolute atomic E-state index is 0.268. The van der Waals surface area contributed by atoms with Crippen molar-refractivity contribution >= 4 is 12.1 Å². The predicted octanol–water partition coefficient (Wildman–Crippen LogP) is 1.15. The summed E-state index contributed by atoms with van der Waals surface area (Å²) < 4.78 is 4.70. The Morgan fingerprint density at radius 2 is 2.29 bits per heavy atom. The molecule has 80 valence electrons. The zero-order valence-corrected chi connectivity index (χ0v) is 8.16. The van der Waals surface area contributed by atoms with Gasteiger partial charge in [-0.15, -0.1) is 6.58 Å². The highest BCUT2D eigenvalue weighted by Gasteiger charge is 2.13. The number of allylic oxidation sites excluding steroid dienone is 1. The fourth-order valence-corrected chi connectivity index (χ4v) is 0.673. The molecule has 0 aliphatic heterocycles. The first-order valence-electron chi connectivity index (χ1n) is 4.35. The van der Waals surface area contributed by atoms with E-state index in [9.17, 15) is 9.59 Å². The van der Waals surface area contributed by atoms with E-state index in [0.717, 1.165) is 6.42 Å². The van der Waals surface area contributed by atoms with E-state index in [1.807, 2.05) is 0 Å². The van der Waals surface area contributed by atoms with E-state index in [2.05, 4.69) is 11.9 Å². The Bertz CT molecular complexity index is 215. The van der Waals surface area contributed by atoms with Crippen molar-refractivity contribution in [2.24, 2.45) is 0 Å². The van der Waals surface area contributed by atoms with E-state index in [-0.39, 0.29) is 6.61 Å². The molecule has 0 aromatic rings. The molecule has 0 heterocycles. The van der Waals surface area contributed by atoms with Gasteiger partial charge in [0.05, 0.1) is 6.61 Å². The Labute approximate surface area is 82.7 Å². The van der Waals surface area contributed by atoms with Crippen LogP contribution in [0.4, 0.5) is 4.79 Å². The molecule has 1 amide bonds. The summed E-state index contributed by atoms with van der Waals surface area (Å²) in [6, 6.07) is -0.929. The number of ether oxygens (including phenoxy) is 1. The van der Waals surface area contributed by atoms with Gasteiger partial charge in [-0.3, -0.25) is 4.79 Å². The second-order valence-electron chi connectivity index (χ2n) is 2.77. The quantitative estimate of drug-likeness (QED) is 0.499. The lowest BCUT2D eigenvalue weighted by molar-refractivity contribution is -0.138. The molecule has 0 aromatic carbocycles. The summed E-state index contributed by atoms with van der Waals surface area (Å²) in [5.41, 5.74) is 0. The average molecular weight is 201 g/mol. The van der Waals surface area contributed by atoms with Crippen molar-refractivity contribution in [3.8, 4) is 0 Å². The third kappa shape index (κ3) is 6.05. The lowest BCUT2D eigenvalue weighted by atomic mass is 10.3. The number of carboxylic acids is 1. The summed E-state index contributed by atoms with van der Waals surface area (Å²) in [7, 11) is 0. The number of nitrogens with one attached hydrogen (secondary N) is 1. The Kier molecular flexibility index (Phi) is 6.19. The third-order valence-corrected chi connectivity index (χ3v) is 1.49. The lowest BCUT2D eigenvalue weighted by Crippen LogP contribution is -2.38. The number of carboxylic acid groups (broad SMARTS) is 1. The van der Waals surface area contributed by atoms with Crippen LogP contribution in [0.2, 0.25) is 0 Å². The van der Waals surface area contributed by atoms with Crippen molar-refractivity contribution in [2.45, 2.75) is 25.8 Å². The number of carbonyl (C=O) groups excluding carboxylic acids is 1. The van der Waals surface area contributed by atoms with Crippen LogP contribution in [0.1, 0.15) is 19.8 Å². The normalized spacial score (nSPS) is 11.5. The van der Waals surface area contributed by atoms with E-state index < -0.39 is 18.1 Å². The first kappa shape index (κ1) is 12.5. The summed E-state index contributed by atoms with van der Waals surface area (Å²) >= 11 is 0. The highest BCUT2D eigenvalue weighted by Crippen LogP contribution is 1.91. The first-order valence-corrected chi connectivity index (χ1v) is 4.35. The van der Waals surface area contributed by atoms with Gasteiger partial charge in [-0.25, -0.2) is 4.79 Å². The number of rotatable bonds is 6. The number of alkyl carbamates (subject to hydrolysis) is 1. The van der Waals surface area contributed by atoms with E-state index in [4.69, 9.17) is 9.84 Å². The van der Waals surface area contributed by atoms with Crippen LogP contribution in [0, 0.1) is 0 Å². The van der Waals surface area contributed by atoms with Gasteiger partial charge in [0.2, 0.25) is 0 Å². The molecule has 0 rings (SSSR count). The van der Waals surface area contributed by atoms with Crippen LogP contribution < -0.4 is 5.32 Å². The Morgan fingerprint density at radius 1 is 1.64 bits per heavy atom. The molecule has 0 saturated heterocycles. The standard InChI is InChI=1S/C9H15NO4/c1-3-4-5-6-14-9(13)10-7(2)8(11)12/h3,7H,1,4-6H2,2H3,(H,10,13)(H,11,12)/t7-/m0/s1. The van der Waals surface area contributed by atoms with E-state index in [1.165, 1.54) is 6.92 Å². The van der Waals surface area contributed by atoms with Crippen molar-refractivity contribution < 1.29 is 19.4 Å². The second-order valence-corrected chi connectivity index (χ2v) is 2.77. The van der Waals surface area contributed by atoms with Gasteiger partial charge in [0.15, 0.2) is 0 Å². The molecule has 0 aliphatic carbocycles. The minimum atomic E-state index is -1.09. The molecule has 0 fully saturated rings. The average Bonchev–Trinajstić information content (AvgIpc) is 2.12. The number of hydrogen-bond donors (Lipinski definition) is 2. The number of carbonyl (C=O) groups is 2. The van der Waals surface area contributed by atoms with Crippen LogP contribution >= 0.6 is 0 Å². The molecule has 0 bridgehead atoms. The highest BCUT2D eigenvalue weighted by molar-refractivity contribution is 5.79. The van der Waals surface area contributed by atoms with Crippen molar-refractivity contribution in [3.05, 3.63) is 12.7 Å². The first-order chi connectivity index (χ1) is 6.57. The smallest absolute Gasteiger partial charge is 0.407 e. The van der Waals surface area contributed by atoms with Gasteiger partial charge in [-0.2, -0.15) is 0 Å². The maximum atomic E-state index is 10.9. The van der Waals surface area contributed by atoms with Crippen LogP contribution in [0.15, 0.2) is 12.7 Å². The summed E-state index contributed by atoms with van der Waals surface area (Å²) in [4.78, 5) is 21.2. The number of unbranched alkanes of at least 4 members (excludes halogenated alkanes) is 1. The fourth-order valence-electron chi connectivity index (χ4n) is 0.673. The van der Waals surface area contributed by atoms with Gasteiger partial charge in [-0.1, -0.05) is 6.08 Å². The summed E-state index contributed by atoms with van der Waals surface area (Å²) in [5, 5.41) is 10.6. The molecule has 0 aliphatic rings. The Balaban J connectivity index is 3.55. The lowest BCUT2D eigenvalue weighted by Gasteiger charge is -2.09. The molecule has 0 spiro atoms. The van der Waals surface area contributed by atoms with Gasteiger partial charge in [0, 0.05) is 0 Å². The topological polar surface area (TPSA) is 75.6 Å². The van der Waals surface area contributed by atoms with Gasteiger partial charge < -0.3 is 15.2 Å². The Hall–Kier alpha value is -1.52. The molecule has 0 aromatic heterocycles. The molecule has 1 atom stereocenters. The molecule has 0 unspecified atom stereocenters. The molecule has 0 saturated carbocycles. The van der Waals surface area contributed by atoms with Gasteiger partial charge in [0.1, 0.15) is 6.04 Å². The zero-order valence-electron chi connectivity index (χ0n) is 8.16. The van der Waals surface area contributed by atoms with E-state index in [1.54, 1.807) is 6.08 Å². The summed E-state index contributed by atoms with van der Waals surface area (Å²) in [5.74, 6) is -1.09. The van der Waals surface area contributed by atoms with Crippen molar-refractivity contribution in [1.29, 1.82) is 0 Å². The van der Waals surface area contributed by atoms with Crippen LogP contribution in [-0.4, -0.2) is 29.8 Å². The minimum Gasteiger partial charge on any atom is -0.480 e. The van der Waals surface area contributed by atoms with Crippen molar-refractivity contribution in [2.75, 3.05) is 6.61 Å². The third-order valence-electron chi connectivity index (χ3n) is 1.49. The maximum absolute atomic E-state index is 10.9. The largest absolute Gasteiger partial charge is 0.480 e. The Morgan fingerprint density at radius 3 is 2.79 bits per heavy atom. The molecular formula is C9H15NO4. The van der Waals surface area contributed by atoms with Gasteiger partial charge in [-0.05, 0) is 19.8 Å². The molecule has 2 N–H and O–H groups in total. The molecule has 14 heavy (non-hydrogen) atoms. The van der Waals surface area contributed by atoms with Crippen molar-refractivity contribution in [3.63, 3.8) is 0 Å². The summed E-state index contributed by atoms with van der Waals surface area (Å²) in [6.07, 6.45) is 2.48. The van der Waals surface area contributed by atoms with E-state index in [0.29, 0.717) is 6.42 Å². The van der Waals surface area contributed by atoms with Crippen LogP contribution in [0.5, 0.6) is 0 Å². The number of amides is 1. The van der Waals surface area contributed by atoms with Crippen molar-refractivity contribution in [1.82, 2.24) is 5.32 Å². The number of hydrogen-bond acceptors (Lipinski definition) is 3. The summed E-state index contributed by atoms with van der Waals surface area (Å²) in [6.45, 7) is 5.15. The molecule has 0 radical (unpaired) electrons. The fraction of sp³-hybridized carbons (Fsp3) is 0.556.